The first kappa shape index (κ1) is 16.9. The maximum atomic E-state index is 10.1. The minimum atomic E-state index is -0.265. The molecule has 1 saturated heterocycles. The van der Waals surface area contributed by atoms with Crippen LogP contribution in [0.3, 0.4) is 0 Å². The van der Waals surface area contributed by atoms with Crippen LogP contribution in [-0.4, -0.2) is 60.3 Å². The van der Waals surface area contributed by atoms with E-state index in [4.69, 9.17) is 5.73 Å². The molecule has 1 aromatic rings. The zero-order chi connectivity index (χ0) is 15.6. The van der Waals surface area contributed by atoms with Crippen LogP contribution in [-0.2, 0) is 0 Å². The van der Waals surface area contributed by atoms with Crippen LogP contribution in [0, 0.1) is 0 Å². The number of aliphatic hydroxyl groups excluding tert-OH is 1. The molecule has 1 fully saturated rings. The van der Waals surface area contributed by atoms with E-state index >= 15 is 0 Å². The van der Waals surface area contributed by atoms with Crippen LogP contribution in [0.2, 0.25) is 0 Å². The predicted octanol–water partition coefficient (Wildman–Crippen LogP) is 1.83. The Morgan fingerprint density at radius 3 is 2.67 bits per heavy atom. The number of rotatable bonds is 5. The van der Waals surface area contributed by atoms with Gasteiger partial charge in [-0.1, -0.05) is 34.1 Å². The van der Waals surface area contributed by atoms with Crippen LogP contribution in [0.4, 0.5) is 0 Å². The monoisotopic (exact) mass is 355 g/mol. The SMILES string of the molecule is CC(N)C(c1ccccc1Br)N1CC(O)CC1CN(C)C. The van der Waals surface area contributed by atoms with E-state index in [-0.39, 0.29) is 18.2 Å². The summed E-state index contributed by atoms with van der Waals surface area (Å²) in [4.78, 5) is 4.55. The van der Waals surface area contributed by atoms with Crippen molar-refractivity contribution in [3.05, 3.63) is 34.3 Å². The summed E-state index contributed by atoms with van der Waals surface area (Å²) in [5, 5.41) is 10.1. The first-order chi connectivity index (χ1) is 9.90. The molecule has 0 aliphatic carbocycles. The average Bonchev–Trinajstić information content (AvgIpc) is 2.71. The van der Waals surface area contributed by atoms with Crippen molar-refractivity contribution in [2.75, 3.05) is 27.2 Å². The van der Waals surface area contributed by atoms with Gasteiger partial charge in [-0.2, -0.15) is 0 Å². The molecule has 1 aliphatic heterocycles. The fourth-order valence-electron chi connectivity index (χ4n) is 3.34. The molecule has 4 atom stereocenters. The smallest absolute Gasteiger partial charge is 0.0682 e. The topological polar surface area (TPSA) is 52.7 Å². The highest BCUT2D eigenvalue weighted by Crippen LogP contribution is 2.35. The third kappa shape index (κ3) is 4.05. The van der Waals surface area contributed by atoms with E-state index in [1.165, 1.54) is 5.56 Å². The minimum Gasteiger partial charge on any atom is -0.392 e. The zero-order valence-electron chi connectivity index (χ0n) is 13.0. The van der Waals surface area contributed by atoms with Gasteiger partial charge in [-0.05, 0) is 39.1 Å². The Kier molecular flexibility index (Phi) is 5.80. The Hall–Kier alpha value is -0.460. The summed E-state index contributed by atoms with van der Waals surface area (Å²) in [6.07, 6.45) is 0.546. The van der Waals surface area contributed by atoms with E-state index in [1.54, 1.807) is 0 Å². The molecule has 1 aliphatic rings. The second-order valence-corrected chi connectivity index (χ2v) is 7.18. The molecule has 1 heterocycles. The number of nitrogens with zero attached hydrogens (tertiary/aromatic N) is 2. The number of aliphatic hydroxyl groups is 1. The lowest BCUT2D eigenvalue weighted by atomic mass is 9.98. The zero-order valence-corrected chi connectivity index (χ0v) is 14.6. The second-order valence-electron chi connectivity index (χ2n) is 6.33. The van der Waals surface area contributed by atoms with Gasteiger partial charge in [0.25, 0.3) is 0 Å². The third-order valence-corrected chi connectivity index (χ3v) is 4.81. The van der Waals surface area contributed by atoms with Crippen LogP contribution < -0.4 is 5.73 Å². The number of benzene rings is 1. The Bertz CT molecular complexity index is 467. The Balaban J connectivity index is 2.31. The molecule has 21 heavy (non-hydrogen) atoms. The summed E-state index contributed by atoms with van der Waals surface area (Å²) in [7, 11) is 4.14. The van der Waals surface area contributed by atoms with Crippen molar-refractivity contribution in [2.24, 2.45) is 5.73 Å². The highest BCUT2D eigenvalue weighted by atomic mass is 79.9. The first-order valence-corrected chi connectivity index (χ1v) is 8.28. The molecule has 0 spiro atoms. The molecule has 0 aromatic heterocycles. The Labute approximate surface area is 136 Å². The van der Waals surface area contributed by atoms with Gasteiger partial charge in [0.1, 0.15) is 0 Å². The number of hydrogen-bond acceptors (Lipinski definition) is 4. The number of β-amino-alcohol motifs (C(OH)–C–C–N with tert-alkyl or cyclic N) is 1. The van der Waals surface area contributed by atoms with Crippen molar-refractivity contribution in [1.82, 2.24) is 9.80 Å². The largest absolute Gasteiger partial charge is 0.392 e. The summed E-state index contributed by atoms with van der Waals surface area (Å²) >= 11 is 3.64. The van der Waals surface area contributed by atoms with E-state index in [2.05, 4.69) is 52.0 Å². The maximum absolute atomic E-state index is 10.1. The van der Waals surface area contributed by atoms with Gasteiger partial charge in [0, 0.05) is 29.6 Å². The molecule has 0 bridgehead atoms. The van der Waals surface area contributed by atoms with Crippen LogP contribution >= 0.6 is 15.9 Å². The minimum absolute atomic E-state index is 0.00124. The van der Waals surface area contributed by atoms with Crippen LogP contribution in [0.1, 0.15) is 24.9 Å². The van der Waals surface area contributed by atoms with Gasteiger partial charge in [0.15, 0.2) is 0 Å². The molecule has 2 rings (SSSR count). The summed E-state index contributed by atoms with van der Waals surface area (Å²) in [6, 6.07) is 8.68. The van der Waals surface area contributed by atoms with Gasteiger partial charge in [-0.3, -0.25) is 4.90 Å². The van der Waals surface area contributed by atoms with E-state index in [0.717, 1.165) is 17.4 Å². The molecule has 3 N–H and O–H groups in total. The molecule has 4 unspecified atom stereocenters. The van der Waals surface area contributed by atoms with E-state index < -0.39 is 0 Å². The number of hydrogen-bond donors (Lipinski definition) is 2. The fourth-order valence-corrected chi connectivity index (χ4v) is 3.86. The van der Waals surface area contributed by atoms with E-state index in [1.807, 2.05) is 19.1 Å². The molecule has 4 nitrogen and oxygen atoms in total. The number of likely N-dealkylation sites (N-methyl/N-ethyl adjacent to an activating group) is 1. The van der Waals surface area contributed by atoms with Crippen molar-refractivity contribution in [1.29, 1.82) is 0 Å². The van der Waals surface area contributed by atoms with E-state index in [9.17, 15) is 5.11 Å². The number of likely N-dealkylation sites (tertiary alicyclic amines) is 1. The van der Waals surface area contributed by atoms with Gasteiger partial charge in [0.2, 0.25) is 0 Å². The van der Waals surface area contributed by atoms with Gasteiger partial charge in [-0.15, -0.1) is 0 Å². The highest BCUT2D eigenvalue weighted by molar-refractivity contribution is 9.10. The molecule has 5 heteroatoms. The standard InChI is InChI=1S/C16H26BrN3O/c1-11(18)16(14-6-4-5-7-15(14)17)20-10-13(21)8-12(20)9-19(2)3/h4-7,11-13,16,21H,8-10,18H2,1-3H3. The lowest BCUT2D eigenvalue weighted by molar-refractivity contribution is 0.123. The van der Waals surface area contributed by atoms with Crippen molar-refractivity contribution in [2.45, 2.75) is 37.6 Å². The highest BCUT2D eigenvalue weighted by Gasteiger charge is 2.38. The van der Waals surface area contributed by atoms with Crippen molar-refractivity contribution < 1.29 is 5.11 Å². The molecular weight excluding hydrogens is 330 g/mol. The first-order valence-electron chi connectivity index (χ1n) is 7.48. The third-order valence-electron chi connectivity index (χ3n) is 4.09. The average molecular weight is 356 g/mol. The Morgan fingerprint density at radius 2 is 2.10 bits per heavy atom. The van der Waals surface area contributed by atoms with Crippen molar-refractivity contribution >= 4 is 15.9 Å². The van der Waals surface area contributed by atoms with Crippen LogP contribution in [0.25, 0.3) is 0 Å². The predicted molar refractivity (Wildman–Crippen MR) is 90.2 cm³/mol. The molecule has 118 valence electrons. The summed E-state index contributed by atoms with van der Waals surface area (Å²) in [5.41, 5.74) is 7.50. The maximum Gasteiger partial charge on any atom is 0.0682 e. The lowest BCUT2D eigenvalue weighted by Crippen LogP contribution is -2.45. The molecule has 0 amide bonds. The molecular formula is C16H26BrN3O. The summed E-state index contributed by atoms with van der Waals surface area (Å²) in [5.74, 6) is 0. The molecule has 1 aromatic carbocycles. The normalized spacial score (nSPS) is 26.2. The van der Waals surface area contributed by atoms with Crippen LogP contribution in [0.15, 0.2) is 28.7 Å². The van der Waals surface area contributed by atoms with Gasteiger partial charge in [0.05, 0.1) is 12.1 Å². The van der Waals surface area contributed by atoms with Crippen LogP contribution in [0.5, 0.6) is 0 Å². The second kappa shape index (κ2) is 7.20. The summed E-state index contributed by atoms with van der Waals surface area (Å²) in [6.45, 7) is 3.66. The molecule has 0 saturated carbocycles. The number of nitrogens with two attached hydrogens (primary N) is 1. The van der Waals surface area contributed by atoms with Gasteiger partial charge >= 0.3 is 0 Å². The quantitative estimate of drug-likeness (QED) is 0.845. The van der Waals surface area contributed by atoms with E-state index in [0.29, 0.717) is 12.6 Å². The fraction of sp³-hybridized carbons (Fsp3) is 0.625. The van der Waals surface area contributed by atoms with Crippen molar-refractivity contribution in [3.63, 3.8) is 0 Å². The lowest BCUT2D eigenvalue weighted by Gasteiger charge is -2.37. The number of halogens is 1. The van der Waals surface area contributed by atoms with Gasteiger partial charge < -0.3 is 15.7 Å². The Morgan fingerprint density at radius 1 is 1.43 bits per heavy atom. The van der Waals surface area contributed by atoms with Crippen molar-refractivity contribution in [3.8, 4) is 0 Å². The summed E-state index contributed by atoms with van der Waals surface area (Å²) < 4.78 is 1.08. The molecule has 0 radical (unpaired) electrons. The van der Waals surface area contributed by atoms with Gasteiger partial charge in [-0.25, -0.2) is 0 Å².